The Balaban J connectivity index is 1.74. The molecular weight excluding hydrogens is 629 g/mol. The van der Waals surface area contributed by atoms with Crippen molar-refractivity contribution in [2.24, 2.45) is 15.7 Å². The fourth-order valence-electron chi connectivity index (χ4n) is 4.20. The van der Waals surface area contributed by atoms with Crippen LogP contribution in [-0.4, -0.2) is 67.8 Å². The van der Waals surface area contributed by atoms with Crippen molar-refractivity contribution in [3.8, 4) is 16.8 Å². The first kappa shape index (κ1) is 33.1. The van der Waals surface area contributed by atoms with Gasteiger partial charge in [-0.1, -0.05) is 42.5 Å². The molecule has 0 saturated heterocycles. The number of nitrogens with two attached hydrogens (primary N) is 1. The lowest BCUT2D eigenvalue weighted by molar-refractivity contribution is 0.0566. The number of ether oxygens (including phenoxy) is 1. The topological polar surface area (TPSA) is 158 Å². The van der Waals surface area contributed by atoms with Gasteiger partial charge in [0, 0.05) is 24.4 Å². The summed E-state index contributed by atoms with van der Waals surface area (Å²) in [6.45, 7) is 3.59. The fourth-order valence-corrected chi connectivity index (χ4v) is 4.40. The largest absolute Gasteiger partial charge is 0.447 e. The number of hydrogen-bond acceptors (Lipinski definition) is 8. The molecule has 0 radical (unpaired) electrons. The molecule has 13 nitrogen and oxygen atoms in total. The van der Waals surface area contributed by atoms with Crippen molar-refractivity contribution in [1.82, 2.24) is 34.8 Å². The maximum atomic E-state index is 14.4. The standard InChI is InChI=1S/C29H26ClF3N10O3/c1-4-5-24(35-2)40-29(45)46-15-23(19-10-11-21(30)22(12-19)43-27(33)37-16-39-43)42(28(34)36-3)25(44)18-8-6-17(7-9-18)20-13-38-41(14-20)26(31)32/h4-14,16,23,26H,1-2,15H2,3H3,(H2,34,36)(H,40,45)/b24-5+/t23-/m1/s1. The van der Waals surface area contributed by atoms with Crippen LogP contribution in [-0.2, 0) is 4.74 Å². The Hall–Kier alpha value is -5.77. The van der Waals surface area contributed by atoms with E-state index in [2.05, 4.69) is 43.8 Å². The van der Waals surface area contributed by atoms with Crippen LogP contribution in [0.3, 0.4) is 0 Å². The van der Waals surface area contributed by atoms with Gasteiger partial charge in [-0.15, -0.1) is 0 Å². The van der Waals surface area contributed by atoms with Gasteiger partial charge in [-0.2, -0.15) is 33.0 Å². The van der Waals surface area contributed by atoms with Crippen molar-refractivity contribution in [3.63, 3.8) is 0 Å². The minimum Gasteiger partial charge on any atom is -0.447 e. The Labute approximate surface area is 265 Å². The van der Waals surface area contributed by atoms with Crippen LogP contribution < -0.4 is 11.1 Å². The number of nitrogens with one attached hydrogen (secondary N) is 1. The zero-order valence-corrected chi connectivity index (χ0v) is 24.9. The molecule has 0 unspecified atom stereocenters. The first-order valence-electron chi connectivity index (χ1n) is 13.1. The molecule has 0 aliphatic rings. The number of guanidine groups is 1. The number of carbonyl (C=O) groups excluding carboxylic acids is 2. The maximum Gasteiger partial charge on any atom is 0.412 e. The Bertz CT molecular complexity index is 1800. The van der Waals surface area contributed by atoms with Gasteiger partial charge in [0.05, 0.1) is 22.9 Å². The van der Waals surface area contributed by atoms with E-state index in [1.807, 2.05) is 0 Å². The summed E-state index contributed by atoms with van der Waals surface area (Å²) in [5.41, 5.74) is 7.64. The lowest BCUT2D eigenvalue weighted by Crippen LogP contribution is -2.46. The molecule has 0 saturated carbocycles. The van der Waals surface area contributed by atoms with Crippen molar-refractivity contribution >= 4 is 36.3 Å². The van der Waals surface area contributed by atoms with Crippen LogP contribution in [0, 0.1) is 6.08 Å². The third-order valence-corrected chi connectivity index (χ3v) is 6.73. The monoisotopic (exact) mass is 654 g/mol. The van der Waals surface area contributed by atoms with E-state index in [0.717, 1.165) is 15.9 Å². The molecule has 4 rings (SSSR count). The number of hydrogen-bond donors (Lipinski definition) is 2. The van der Waals surface area contributed by atoms with Crippen LogP contribution >= 0.6 is 11.6 Å². The zero-order valence-electron chi connectivity index (χ0n) is 24.1. The predicted octanol–water partition coefficient (Wildman–Crippen LogP) is 4.90. The third-order valence-electron chi connectivity index (χ3n) is 6.41. The molecule has 17 heteroatoms. The highest BCUT2D eigenvalue weighted by Crippen LogP contribution is 2.30. The van der Waals surface area contributed by atoms with Crippen LogP contribution in [0.15, 0.2) is 95.7 Å². The number of aromatic nitrogens is 5. The summed E-state index contributed by atoms with van der Waals surface area (Å²) in [5.74, 6) is -0.881. The molecule has 2 aromatic carbocycles. The summed E-state index contributed by atoms with van der Waals surface area (Å²) in [5, 5.41) is 9.96. The van der Waals surface area contributed by atoms with Crippen LogP contribution in [0.25, 0.3) is 16.8 Å². The van der Waals surface area contributed by atoms with Crippen LogP contribution in [0.5, 0.6) is 0 Å². The second-order valence-corrected chi connectivity index (χ2v) is 9.56. The van der Waals surface area contributed by atoms with Crippen molar-refractivity contribution < 1.29 is 27.5 Å². The van der Waals surface area contributed by atoms with E-state index in [1.165, 1.54) is 61.9 Å². The first-order chi connectivity index (χ1) is 22.1. The number of alkyl carbamates (subject to hydrolysis) is 1. The Kier molecular flexibility index (Phi) is 10.7. The summed E-state index contributed by atoms with van der Waals surface area (Å²) in [6.07, 6.45) is 4.28. The molecule has 46 heavy (non-hydrogen) atoms. The van der Waals surface area contributed by atoms with E-state index < -0.39 is 37.3 Å². The van der Waals surface area contributed by atoms with Gasteiger partial charge in [0.15, 0.2) is 5.96 Å². The molecule has 3 N–H and O–H groups in total. The summed E-state index contributed by atoms with van der Waals surface area (Å²) >= 11 is 6.35. The smallest absolute Gasteiger partial charge is 0.412 e. The number of allylic oxidation sites excluding steroid dienone is 2. The lowest BCUT2D eigenvalue weighted by atomic mass is 10.0. The quantitative estimate of drug-likeness (QED) is 0.132. The molecule has 0 fully saturated rings. The molecular formula is C29H26ClF3N10O3. The van der Waals surface area contributed by atoms with E-state index in [0.29, 0.717) is 21.4 Å². The van der Waals surface area contributed by atoms with E-state index in [4.69, 9.17) is 22.1 Å². The zero-order chi connectivity index (χ0) is 33.4. The van der Waals surface area contributed by atoms with E-state index >= 15 is 0 Å². The van der Waals surface area contributed by atoms with Gasteiger partial charge in [0.2, 0.25) is 0 Å². The third kappa shape index (κ3) is 7.47. The van der Waals surface area contributed by atoms with Crippen molar-refractivity contribution in [3.05, 3.63) is 108 Å². The van der Waals surface area contributed by atoms with Crippen molar-refractivity contribution in [2.45, 2.75) is 12.6 Å². The number of alkyl halides is 2. The van der Waals surface area contributed by atoms with Gasteiger partial charge in [-0.25, -0.2) is 14.5 Å². The molecule has 2 heterocycles. The first-order valence-corrected chi connectivity index (χ1v) is 13.5. The molecule has 2 aromatic heterocycles. The Morgan fingerprint density at radius 3 is 2.52 bits per heavy atom. The number of nitrogens with zero attached hydrogens (tertiary/aromatic N) is 8. The van der Waals surface area contributed by atoms with Crippen molar-refractivity contribution in [1.29, 1.82) is 0 Å². The lowest BCUT2D eigenvalue weighted by Gasteiger charge is -2.31. The number of rotatable bonds is 11. The highest BCUT2D eigenvalue weighted by molar-refractivity contribution is 6.32. The molecule has 0 bridgehead atoms. The summed E-state index contributed by atoms with van der Waals surface area (Å²) in [4.78, 5) is 38.9. The second-order valence-electron chi connectivity index (χ2n) is 9.16. The number of carbonyl (C=O) groups is 2. The average Bonchev–Trinajstić information content (AvgIpc) is 3.72. The highest BCUT2D eigenvalue weighted by Gasteiger charge is 2.31. The minimum absolute atomic E-state index is 0.0498. The summed E-state index contributed by atoms with van der Waals surface area (Å²) < 4.78 is 47.2. The predicted molar refractivity (Wildman–Crippen MR) is 164 cm³/mol. The minimum atomic E-state index is -2.81. The highest BCUT2D eigenvalue weighted by atomic mass is 35.5. The number of aliphatic imine (C=N–C) groups is 2. The van der Waals surface area contributed by atoms with Crippen LogP contribution in [0.1, 0.15) is 28.5 Å². The normalized spacial score (nSPS) is 12.5. The second kappa shape index (κ2) is 14.8. The Morgan fingerprint density at radius 1 is 1.20 bits per heavy atom. The number of halogens is 4. The molecule has 0 aliphatic heterocycles. The summed E-state index contributed by atoms with van der Waals surface area (Å²) in [7, 11) is 1.35. The number of amides is 2. The van der Waals surface area contributed by atoms with Gasteiger partial charge < -0.3 is 10.5 Å². The SMILES string of the molecule is C=C/C=C(\N=C)NC(=O)OC[C@H](c1ccc(Cl)c(-n2ncnc2F)c1)N(C(=O)c1ccc(-c2cnn(C(F)F)c2)cc1)C(N)=NC. The molecule has 1 atom stereocenters. The van der Waals surface area contributed by atoms with Gasteiger partial charge in [-0.05, 0) is 48.2 Å². The van der Waals surface area contributed by atoms with Gasteiger partial charge >= 0.3 is 18.7 Å². The molecule has 0 spiro atoms. The molecule has 2 amide bonds. The van der Waals surface area contributed by atoms with Gasteiger partial charge in [0.25, 0.3) is 5.91 Å². The van der Waals surface area contributed by atoms with E-state index in [1.54, 1.807) is 12.1 Å². The molecule has 0 aliphatic carbocycles. The summed E-state index contributed by atoms with van der Waals surface area (Å²) in [6, 6.07) is 9.22. The fraction of sp³-hybridized carbons (Fsp3) is 0.138. The van der Waals surface area contributed by atoms with Gasteiger partial charge in [0.1, 0.15) is 18.8 Å². The van der Waals surface area contributed by atoms with Crippen molar-refractivity contribution in [2.75, 3.05) is 13.7 Å². The molecule has 4 aromatic rings. The number of benzene rings is 2. The van der Waals surface area contributed by atoms with Crippen LogP contribution in [0.2, 0.25) is 5.02 Å². The van der Waals surface area contributed by atoms with E-state index in [-0.39, 0.29) is 28.1 Å². The molecule has 238 valence electrons. The average molecular weight is 655 g/mol. The van der Waals surface area contributed by atoms with E-state index in [9.17, 15) is 22.8 Å². The van der Waals surface area contributed by atoms with Gasteiger partial charge in [-0.3, -0.25) is 20.0 Å². The van der Waals surface area contributed by atoms with Crippen LogP contribution in [0.4, 0.5) is 18.0 Å². The Morgan fingerprint density at radius 2 is 1.93 bits per heavy atom. The maximum absolute atomic E-state index is 14.4.